The number of aromatic nitrogens is 3. The fourth-order valence-electron chi connectivity index (χ4n) is 6.58. The Balaban J connectivity index is 1.10. The van der Waals surface area contributed by atoms with Crippen LogP contribution >= 0.6 is 34.8 Å². The first-order valence-corrected chi connectivity index (χ1v) is 17.7. The number of fused-ring (bicyclic) bond motifs is 1. The molecular formula is C37H36Cl3N7O3. The predicted molar refractivity (Wildman–Crippen MR) is 197 cm³/mol. The zero-order chi connectivity index (χ0) is 34.8. The molecule has 4 N–H and O–H groups in total. The highest BCUT2D eigenvalue weighted by molar-refractivity contribution is 6.39. The van der Waals surface area contributed by atoms with Crippen LogP contribution in [0.15, 0.2) is 66.9 Å². The van der Waals surface area contributed by atoms with Crippen LogP contribution in [-0.4, -0.2) is 58.5 Å². The van der Waals surface area contributed by atoms with E-state index in [1.807, 2.05) is 71.3 Å². The molecule has 13 heteroatoms. The van der Waals surface area contributed by atoms with E-state index in [9.17, 15) is 9.59 Å². The number of nitrogens with one attached hydrogen (secondary N) is 4. The molecule has 5 heterocycles. The van der Waals surface area contributed by atoms with Crippen molar-refractivity contribution < 1.29 is 14.3 Å². The second-order valence-corrected chi connectivity index (χ2v) is 13.7. The van der Waals surface area contributed by atoms with E-state index in [1.165, 1.54) is 0 Å². The summed E-state index contributed by atoms with van der Waals surface area (Å²) in [7, 11) is 1.60. The van der Waals surface area contributed by atoms with Crippen molar-refractivity contribution in [2.75, 3.05) is 20.2 Å². The molecule has 2 aliphatic heterocycles. The average molecular weight is 733 g/mol. The Morgan fingerprint density at radius 1 is 0.800 bits per heavy atom. The Morgan fingerprint density at radius 2 is 1.42 bits per heavy atom. The molecule has 3 aromatic heterocycles. The quantitative estimate of drug-likeness (QED) is 0.117. The van der Waals surface area contributed by atoms with Gasteiger partial charge in [-0.3, -0.25) is 14.0 Å². The molecule has 2 saturated heterocycles. The monoisotopic (exact) mass is 731 g/mol. The Labute approximate surface area is 304 Å². The number of carbonyl (C=O) groups excluding carboxylic acids is 2. The van der Waals surface area contributed by atoms with Crippen LogP contribution in [0.25, 0.3) is 39.2 Å². The number of benzene rings is 2. The Bertz CT molecular complexity index is 2090. The molecule has 0 unspecified atom stereocenters. The third-order valence-electron chi connectivity index (χ3n) is 9.20. The molecule has 258 valence electrons. The van der Waals surface area contributed by atoms with E-state index in [4.69, 9.17) is 49.5 Å². The summed E-state index contributed by atoms with van der Waals surface area (Å²) in [4.78, 5) is 32.6. The molecule has 2 aliphatic rings. The summed E-state index contributed by atoms with van der Waals surface area (Å²) in [5, 5.41) is 14.3. The molecule has 0 spiro atoms. The summed E-state index contributed by atoms with van der Waals surface area (Å²) >= 11 is 20.9. The normalized spacial score (nSPS) is 17.4. The molecule has 10 nitrogen and oxygen atoms in total. The second-order valence-electron chi connectivity index (χ2n) is 12.6. The largest absolute Gasteiger partial charge is 0.481 e. The maximum atomic E-state index is 11.5. The molecule has 0 aliphatic carbocycles. The molecule has 5 aromatic rings. The van der Waals surface area contributed by atoms with Gasteiger partial charge in [0.15, 0.2) is 0 Å². The van der Waals surface area contributed by atoms with Crippen LogP contribution in [0.5, 0.6) is 5.88 Å². The maximum Gasteiger partial charge on any atom is 0.220 e. The summed E-state index contributed by atoms with van der Waals surface area (Å²) in [6.45, 7) is 2.36. The zero-order valence-corrected chi connectivity index (χ0v) is 29.6. The topological polar surface area (TPSA) is 122 Å². The van der Waals surface area contributed by atoms with E-state index in [-0.39, 0.29) is 23.9 Å². The lowest BCUT2D eigenvalue weighted by atomic mass is 9.97. The van der Waals surface area contributed by atoms with Crippen molar-refractivity contribution in [2.45, 2.75) is 50.9 Å². The first kappa shape index (κ1) is 34.3. The molecule has 7 rings (SSSR count). The van der Waals surface area contributed by atoms with E-state index < -0.39 is 0 Å². The van der Waals surface area contributed by atoms with Crippen LogP contribution in [0.1, 0.15) is 36.9 Å². The SMILES string of the molecule is COc1nc(-c2cccc(-c3cccc(-c4ccn5c(Cl)c(CNC[C@H]6CCC(=O)N6)nc5c4)c3Cl)c2Cl)ccc1CNC[C@@H]1CCC(=O)N1. The Kier molecular flexibility index (Phi) is 10.3. The van der Waals surface area contributed by atoms with Gasteiger partial charge in [0, 0.05) is 85.1 Å². The van der Waals surface area contributed by atoms with Crippen LogP contribution in [0.4, 0.5) is 0 Å². The van der Waals surface area contributed by atoms with Gasteiger partial charge in [0.05, 0.1) is 28.5 Å². The van der Waals surface area contributed by atoms with Gasteiger partial charge in [-0.25, -0.2) is 9.97 Å². The molecule has 50 heavy (non-hydrogen) atoms. The van der Waals surface area contributed by atoms with Crippen LogP contribution < -0.4 is 26.0 Å². The molecule has 0 bridgehead atoms. The molecule has 2 fully saturated rings. The minimum absolute atomic E-state index is 0.0916. The Morgan fingerprint density at radius 3 is 2.06 bits per heavy atom. The number of pyridine rings is 2. The number of halogens is 3. The summed E-state index contributed by atoms with van der Waals surface area (Å²) in [6.07, 6.45) is 4.69. The smallest absolute Gasteiger partial charge is 0.220 e. The van der Waals surface area contributed by atoms with E-state index in [0.717, 1.165) is 51.9 Å². The first-order chi connectivity index (χ1) is 24.3. The maximum absolute atomic E-state index is 11.5. The lowest BCUT2D eigenvalue weighted by molar-refractivity contribution is -0.120. The number of imidazole rings is 1. The van der Waals surface area contributed by atoms with E-state index >= 15 is 0 Å². The molecule has 0 radical (unpaired) electrons. The van der Waals surface area contributed by atoms with E-state index in [2.05, 4.69) is 21.3 Å². The number of hydrogen-bond acceptors (Lipinski definition) is 7. The highest BCUT2D eigenvalue weighted by Crippen LogP contribution is 2.42. The third kappa shape index (κ3) is 7.17. The van der Waals surface area contributed by atoms with Gasteiger partial charge in [0.25, 0.3) is 0 Å². The molecule has 2 amide bonds. The van der Waals surface area contributed by atoms with Gasteiger partial charge < -0.3 is 26.0 Å². The molecule has 2 aromatic carbocycles. The van der Waals surface area contributed by atoms with Crippen molar-refractivity contribution in [3.05, 3.63) is 93.3 Å². The van der Waals surface area contributed by atoms with Crippen LogP contribution in [0, 0.1) is 0 Å². The van der Waals surface area contributed by atoms with Gasteiger partial charge in [-0.2, -0.15) is 0 Å². The van der Waals surface area contributed by atoms with Gasteiger partial charge in [-0.15, -0.1) is 0 Å². The summed E-state index contributed by atoms with van der Waals surface area (Å²) in [5.41, 5.74) is 7.03. The number of ether oxygens (including phenoxy) is 1. The number of rotatable bonds is 12. The van der Waals surface area contributed by atoms with Gasteiger partial charge in [-0.05, 0) is 36.6 Å². The number of amides is 2. The number of carbonyl (C=O) groups is 2. The van der Waals surface area contributed by atoms with Crippen LogP contribution in [-0.2, 0) is 22.7 Å². The fourth-order valence-corrected chi connectivity index (χ4v) is 7.50. The standard InChI is InChI=1S/C37H36Cl3N7O3/c1-50-37-22(17-41-18-23-9-12-32(48)43-23)8-11-29(46-37)28-7-3-6-27(35(28)39)26-5-2-4-25(34(26)38)21-14-15-47-31(16-21)45-30(36(47)40)20-42-19-24-10-13-33(49)44-24/h2-8,11,14-16,23-24,41-42H,9-10,12-13,17-20H2,1H3,(H,43,48)(H,44,49)/t23-,24+/m0/s1. The summed E-state index contributed by atoms with van der Waals surface area (Å²) in [6, 6.07) is 19.8. The fraction of sp³-hybridized carbons (Fsp3) is 0.297. The van der Waals surface area contributed by atoms with Crippen molar-refractivity contribution in [1.29, 1.82) is 0 Å². The molecular weight excluding hydrogens is 697 g/mol. The molecule has 0 saturated carbocycles. The van der Waals surface area contributed by atoms with E-state index in [1.54, 1.807) is 7.11 Å². The highest BCUT2D eigenvalue weighted by atomic mass is 35.5. The number of methoxy groups -OCH3 is 1. The predicted octanol–water partition coefficient (Wildman–Crippen LogP) is 6.44. The van der Waals surface area contributed by atoms with E-state index in [0.29, 0.717) is 71.4 Å². The van der Waals surface area contributed by atoms with Crippen molar-refractivity contribution in [2.24, 2.45) is 0 Å². The summed E-state index contributed by atoms with van der Waals surface area (Å²) in [5.74, 6) is 0.692. The minimum atomic E-state index is 0.0916. The van der Waals surface area contributed by atoms with Crippen molar-refractivity contribution in [1.82, 2.24) is 35.6 Å². The van der Waals surface area contributed by atoms with Crippen molar-refractivity contribution in [3.63, 3.8) is 0 Å². The highest BCUT2D eigenvalue weighted by Gasteiger charge is 2.22. The number of nitrogens with zero attached hydrogens (tertiary/aromatic N) is 3. The minimum Gasteiger partial charge on any atom is -0.481 e. The third-order valence-corrected chi connectivity index (χ3v) is 10.4. The van der Waals surface area contributed by atoms with Gasteiger partial charge in [0.1, 0.15) is 10.8 Å². The lowest BCUT2D eigenvalue weighted by Crippen LogP contribution is -2.35. The summed E-state index contributed by atoms with van der Waals surface area (Å²) < 4.78 is 7.49. The lowest BCUT2D eigenvalue weighted by Gasteiger charge is -2.16. The second kappa shape index (κ2) is 15.0. The molecule has 2 atom stereocenters. The van der Waals surface area contributed by atoms with Crippen LogP contribution in [0.2, 0.25) is 15.2 Å². The van der Waals surface area contributed by atoms with Crippen LogP contribution in [0.3, 0.4) is 0 Å². The van der Waals surface area contributed by atoms with Crippen molar-refractivity contribution >= 4 is 52.3 Å². The number of hydrogen-bond donors (Lipinski definition) is 4. The average Bonchev–Trinajstić information content (AvgIpc) is 3.82. The van der Waals surface area contributed by atoms with Gasteiger partial charge in [-0.1, -0.05) is 77.3 Å². The van der Waals surface area contributed by atoms with Gasteiger partial charge in [0.2, 0.25) is 17.7 Å². The van der Waals surface area contributed by atoms with Crippen molar-refractivity contribution in [3.8, 4) is 39.4 Å². The Hall–Kier alpha value is -4.19. The zero-order valence-electron chi connectivity index (χ0n) is 27.4. The first-order valence-electron chi connectivity index (χ1n) is 16.6. The van der Waals surface area contributed by atoms with Gasteiger partial charge >= 0.3 is 0 Å².